The Morgan fingerprint density at radius 2 is 1.74 bits per heavy atom. The maximum absolute atomic E-state index is 12.9. The molecule has 0 aliphatic carbocycles. The summed E-state index contributed by atoms with van der Waals surface area (Å²) in [6, 6.07) is 9.02. The van der Waals surface area contributed by atoms with Crippen LogP contribution in [0.1, 0.15) is 35.2 Å². The number of carbonyl (C=O) groups is 1. The number of nitrogens with zero attached hydrogens (tertiary/aromatic N) is 1. The summed E-state index contributed by atoms with van der Waals surface area (Å²) < 4.78 is 32.5. The van der Waals surface area contributed by atoms with E-state index < -0.39 is 16.0 Å². The first-order valence-electron chi connectivity index (χ1n) is 8.57. The minimum Gasteiger partial charge on any atom is -0.421 e. The number of benzene rings is 2. The Bertz CT molecular complexity index is 970. The third-order valence-electron chi connectivity index (χ3n) is 4.48. The molecule has 1 fully saturated rings. The summed E-state index contributed by atoms with van der Waals surface area (Å²) in [4.78, 5) is 12.7. The zero-order chi connectivity index (χ0) is 19.6. The van der Waals surface area contributed by atoms with Gasteiger partial charge in [0.25, 0.3) is 0 Å². The summed E-state index contributed by atoms with van der Waals surface area (Å²) >= 11 is 11.9. The fraction of sp³-hybridized carbons (Fsp3) is 0.316. The molecule has 2 aromatic carbocycles. The number of rotatable bonds is 4. The molecule has 27 heavy (non-hydrogen) atoms. The molecule has 1 heterocycles. The quantitative estimate of drug-likeness (QED) is 0.523. The van der Waals surface area contributed by atoms with Crippen molar-refractivity contribution in [2.45, 2.75) is 31.1 Å². The summed E-state index contributed by atoms with van der Waals surface area (Å²) in [5.41, 5.74) is 0.778. The van der Waals surface area contributed by atoms with Gasteiger partial charge >= 0.3 is 5.97 Å². The lowest BCUT2D eigenvalue weighted by Gasteiger charge is -2.26. The van der Waals surface area contributed by atoms with Crippen LogP contribution in [0.4, 0.5) is 0 Å². The van der Waals surface area contributed by atoms with E-state index in [0.717, 1.165) is 19.3 Å². The topological polar surface area (TPSA) is 63.7 Å². The second-order valence-corrected chi connectivity index (χ2v) is 9.19. The van der Waals surface area contributed by atoms with Gasteiger partial charge in [-0.25, -0.2) is 13.2 Å². The van der Waals surface area contributed by atoms with Crippen LogP contribution in [0.2, 0.25) is 10.0 Å². The third kappa shape index (κ3) is 4.46. The van der Waals surface area contributed by atoms with Gasteiger partial charge in [0.15, 0.2) is 5.75 Å². The molecule has 0 atom stereocenters. The number of esters is 1. The lowest BCUT2D eigenvalue weighted by Crippen LogP contribution is -2.35. The monoisotopic (exact) mass is 427 g/mol. The lowest BCUT2D eigenvalue weighted by molar-refractivity contribution is 0.0734. The maximum Gasteiger partial charge on any atom is 0.343 e. The van der Waals surface area contributed by atoms with E-state index in [4.69, 9.17) is 27.9 Å². The van der Waals surface area contributed by atoms with Crippen LogP contribution in [0.5, 0.6) is 5.75 Å². The fourth-order valence-corrected chi connectivity index (χ4v) is 4.81. The van der Waals surface area contributed by atoms with E-state index in [1.165, 1.54) is 28.6 Å². The largest absolute Gasteiger partial charge is 0.421 e. The first-order chi connectivity index (χ1) is 12.8. The van der Waals surface area contributed by atoms with Crippen LogP contribution in [0.25, 0.3) is 0 Å². The molecule has 0 aromatic heterocycles. The van der Waals surface area contributed by atoms with E-state index in [9.17, 15) is 13.2 Å². The number of aryl methyl sites for hydroxylation is 1. The second kappa shape index (κ2) is 8.19. The number of hydrogen-bond donors (Lipinski definition) is 0. The first-order valence-corrected chi connectivity index (χ1v) is 10.8. The second-order valence-electron chi connectivity index (χ2n) is 6.41. The van der Waals surface area contributed by atoms with Gasteiger partial charge in [0, 0.05) is 24.2 Å². The molecule has 5 nitrogen and oxygen atoms in total. The molecule has 0 N–H and O–H groups in total. The molecule has 0 bridgehead atoms. The van der Waals surface area contributed by atoms with Crippen LogP contribution in [-0.2, 0) is 10.0 Å². The van der Waals surface area contributed by atoms with Crippen molar-refractivity contribution in [1.29, 1.82) is 0 Å². The minimum absolute atomic E-state index is 0.0825. The van der Waals surface area contributed by atoms with E-state index in [0.29, 0.717) is 23.7 Å². The highest BCUT2D eigenvalue weighted by atomic mass is 35.5. The highest BCUT2D eigenvalue weighted by molar-refractivity contribution is 7.89. The standard InChI is InChI=1S/C19H19Cl2NO4S/c1-13-5-7-15(27(24,25)22-9-3-2-4-10-22)12-16(13)19(23)26-18-11-14(20)6-8-17(18)21/h5-8,11-12H,2-4,9-10H2,1H3. The normalized spacial score (nSPS) is 15.5. The molecule has 0 radical (unpaired) electrons. The van der Waals surface area contributed by atoms with Gasteiger partial charge in [-0.05, 0) is 49.6 Å². The summed E-state index contributed by atoms with van der Waals surface area (Å²) in [7, 11) is -3.64. The molecule has 1 aliphatic rings. The zero-order valence-corrected chi connectivity index (χ0v) is 17.1. The van der Waals surface area contributed by atoms with Crippen molar-refractivity contribution in [2.75, 3.05) is 13.1 Å². The number of carbonyl (C=O) groups excluding carboxylic acids is 1. The van der Waals surface area contributed by atoms with Crippen molar-refractivity contribution in [1.82, 2.24) is 4.31 Å². The summed E-state index contributed by atoms with van der Waals surface area (Å²) in [5.74, 6) is -0.565. The molecule has 2 aromatic rings. The van der Waals surface area contributed by atoms with Gasteiger partial charge in [-0.1, -0.05) is 35.7 Å². The van der Waals surface area contributed by atoms with E-state index in [2.05, 4.69) is 0 Å². The Labute approximate surface area is 168 Å². The van der Waals surface area contributed by atoms with Crippen molar-refractivity contribution in [2.24, 2.45) is 0 Å². The van der Waals surface area contributed by atoms with Crippen LogP contribution in [0.15, 0.2) is 41.3 Å². The average molecular weight is 428 g/mol. The Morgan fingerprint density at radius 3 is 2.44 bits per heavy atom. The van der Waals surface area contributed by atoms with Gasteiger partial charge in [0.05, 0.1) is 15.5 Å². The highest BCUT2D eigenvalue weighted by Crippen LogP contribution is 2.29. The SMILES string of the molecule is Cc1ccc(S(=O)(=O)N2CCCCC2)cc1C(=O)Oc1cc(Cl)ccc1Cl. The van der Waals surface area contributed by atoms with E-state index in [1.807, 2.05) is 0 Å². The third-order valence-corrected chi connectivity index (χ3v) is 6.92. The molecular weight excluding hydrogens is 409 g/mol. The first kappa shape index (κ1) is 20.1. The minimum atomic E-state index is -3.64. The number of hydrogen-bond acceptors (Lipinski definition) is 4. The predicted octanol–water partition coefficient (Wildman–Crippen LogP) is 4.70. The van der Waals surface area contributed by atoms with E-state index >= 15 is 0 Å². The van der Waals surface area contributed by atoms with Crippen molar-refractivity contribution >= 4 is 39.2 Å². The zero-order valence-electron chi connectivity index (χ0n) is 14.7. The number of ether oxygens (including phenoxy) is 1. The number of piperidine rings is 1. The van der Waals surface area contributed by atoms with Crippen molar-refractivity contribution < 1.29 is 17.9 Å². The van der Waals surface area contributed by atoms with Gasteiger partial charge in [-0.15, -0.1) is 0 Å². The van der Waals surface area contributed by atoms with Crippen LogP contribution < -0.4 is 4.74 Å². The van der Waals surface area contributed by atoms with Crippen LogP contribution >= 0.6 is 23.2 Å². The van der Waals surface area contributed by atoms with E-state index in [1.54, 1.807) is 19.1 Å². The van der Waals surface area contributed by atoms with Crippen LogP contribution in [0.3, 0.4) is 0 Å². The molecule has 0 amide bonds. The van der Waals surface area contributed by atoms with Crippen LogP contribution in [0, 0.1) is 6.92 Å². The number of sulfonamides is 1. The number of halogens is 2. The maximum atomic E-state index is 12.9. The average Bonchev–Trinajstić information content (AvgIpc) is 2.65. The van der Waals surface area contributed by atoms with Gasteiger partial charge in [0.2, 0.25) is 10.0 Å². The van der Waals surface area contributed by atoms with Gasteiger partial charge < -0.3 is 4.74 Å². The lowest BCUT2D eigenvalue weighted by atomic mass is 10.1. The fourth-order valence-electron chi connectivity index (χ4n) is 2.95. The Balaban J connectivity index is 1.91. The van der Waals surface area contributed by atoms with Crippen molar-refractivity contribution in [3.8, 4) is 5.75 Å². The molecular formula is C19H19Cl2NO4S. The molecule has 8 heteroatoms. The Kier molecular flexibility index (Phi) is 6.11. The molecule has 3 rings (SSSR count). The smallest absolute Gasteiger partial charge is 0.343 e. The summed E-state index contributed by atoms with van der Waals surface area (Å²) in [5, 5.41) is 0.614. The Morgan fingerprint density at radius 1 is 1.04 bits per heavy atom. The van der Waals surface area contributed by atoms with Gasteiger partial charge in [-0.2, -0.15) is 4.31 Å². The summed E-state index contributed by atoms with van der Waals surface area (Å²) in [6.45, 7) is 2.70. The van der Waals surface area contributed by atoms with Crippen LogP contribution in [-0.4, -0.2) is 31.8 Å². The van der Waals surface area contributed by atoms with Gasteiger partial charge in [-0.3, -0.25) is 0 Å². The molecule has 0 spiro atoms. The molecule has 1 saturated heterocycles. The van der Waals surface area contributed by atoms with Gasteiger partial charge in [0.1, 0.15) is 0 Å². The highest BCUT2D eigenvalue weighted by Gasteiger charge is 2.27. The van der Waals surface area contributed by atoms with E-state index in [-0.39, 0.29) is 21.2 Å². The van der Waals surface area contributed by atoms with Crippen molar-refractivity contribution in [3.63, 3.8) is 0 Å². The molecule has 144 valence electrons. The Hall–Kier alpha value is -1.60. The van der Waals surface area contributed by atoms with Crippen molar-refractivity contribution in [3.05, 3.63) is 57.6 Å². The molecule has 0 unspecified atom stereocenters. The predicted molar refractivity (Wildman–Crippen MR) is 105 cm³/mol. The summed E-state index contributed by atoms with van der Waals surface area (Å²) in [6.07, 6.45) is 2.71. The molecule has 1 aliphatic heterocycles. The molecule has 0 saturated carbocycles.